The summed E-state index contributed by atoms with van der Waals surface area (Å²) in [6.45, 7) is 4.26. The molecule has 354 valence electrons. The van der Waals surface area contributed by atoms with Crippen LogP contribution in [0.3, 0.4) is 0 Å². The number of hydrogen-bond acceptors (Lipinski definition) is 3. The van der Waals surface area contributed by atoms with Crippen molar-refractivity contribution in [1.29, 1.82) is 0 Å². The lowest BCUT2D eigenvalue weighted by atomic mass is 10.0. The summed E-state index contributed by atoms with van der Waals surface area (Å²) in [6, 6.07) is -0.616. The Hall–Kier alpha value is -1.39. The molecule has 0 fully saturated rings. The highest BCUT2D eigenvalue weighted by molar-refractivity contribution is 5.76. The van der Waals surface area contributed by atoms with Crippen molar-refractivity contribution in [3.8, 4) is 0 Å². The van der Waals surface area contributed by atoms with E-state index >= 15 is 0 Å². The molecule has 0 spiro atoms. The lowest BCUT2D eigenvalue weighted by molar-refractivity contribution is -0.123. The van der Waals surface area contributed by atoms with Gasteiger partial charge < -0.3 is 15.5 Å². The standard InChI is InChI=1S/C56H107NO3/c1-3-5-7-9-11-12-13-14-15-16-17-18-19-20-21-22-23-24-25-26-27-28-29-30-31-32-33-34-35-36-37-38-39-40-41-42-43-44-46-48-50-52-56(60)57-54(53-58)55(59)51-49-47-45-10-8-6-4-2/h13-14,16-17,49,51,54-55,58-59H,3-12,15,18-48,50,52-53H2,1-2H3,(H,57,60)/b14-13-,17-16-,51-49+. The van der Waals surface area contributed by atoms with E-state index in [1.54, 1.807) is 6.08 Å². The lowest BCUT2D eigenvalue weighted by Crippen LogP contribution is -2.45. The molecule has 0 aliphatic carbocycles. The van der Waals surface area contributed by atoms with Gasteiger partial charge in [-0.05, 0) is 51.4 Å². The van der Waals surface area contributed by atoms with Crippen LogP contribution in [0.1, 0.15) is 296 Å². The largest absolute Gasteiger partial charge is 0.394 e. The molecule has 2 unspecified atom stereocenters. The summed E-state index contributed by atoms with van der Waals surface area (Å²) in [5.41, 5.74) is 0. The van der Waals surface area contributed by atoms with Crippen LogP contribution in [-0.2, 0) is 4.79 Å². The number of unbranched alkanes of at least 4 members (excludes halogenated alkanes) is 39. The summed E-state index contributed by atoms with van der Waals surface area (Å²) in [5, 5.41) is 22.8. The molecule has 0 rings (SSSR count). The number of rotatable bonds is 50. The maximum atomic E-state index is 12.3. The highest BCUT2D eigenvalue weighted by atomic mass is 16.3. The summed E-state index contributed by atoms with van der Waals surface area (Å²) in [5.74, 6) is -0.0638. The van der Waals surface area contributed by atoms with Crippen LogP contribution < -0.4 is 5.32 Å². The zero-order chi connectivity index (χ0) is 43.5. The van der Waals surface area contributed by atoms with E-state index in [1.165, 1.54) is 244 Å². The number of aliphatic hydroxyl groups excluding tert-OH is 2. The Morgan fingerprint density at radius 1 is 0.400 bits per heavy atom. The molecule has 0 saturated heterocycles. The second kappa shape index (κ2) is 52.0. The second-order valence-electron chi connectivity index (χ2n) is 18.7. The van der Waals surface area contributed by atoms with E-state index in [4.69, 9.17) is 0 Å². The van der Waals surface area contributed by atoms with Gasteiger partial charge in [0.1, 0.15) is 0 Å². The van der Waals surface area contributed by atoms with Crippen molar-refractivity contribution in [3.05, 3.63) is 36.5 Å². The van der Waals surface area contributed by atoms with Gasteiger partial charge in [-0.25, -0.2) is 0 Å². The zero-order valence-corrected chi connectivity index (χ0v) is 40.7. The molecule has 0 aromatic heterocycles. The van der Waals surface area contributed by atoms with Crippen LogP contribution in [0.2, 0.25) is 0 Å². The fourth-order valence-corrected chi connectivity index (χ4v) is 8.45. The Bertz CT molecular complexity index is 912. The molecule has 0 aromatic carbocycles. The van der Waals surface area contributed by atoms with Gasteiger partial charge in [0.05, 0.1) is 18.8 Å². The molecule has 0 bridgehead atoms. The van der Waals surface area contributed by atoms with E-state index in [9.17, 15) is 15.0 Å². The molecule has 3 N–H and O–H groups in total. The number of carbonyl (C=O) groups is 1. The number of carbonyl (C=O) groups excluding carboxylic acids is 1. The first-order chi connectivity index (χ1) is 29.7. The number of hydrogen-bond donors (Lipinski definition) is 3. The molecule has 0 saturated carbocycles. The minimum absolute atomic E-state index is 0.0638. The minimum Gasteiger partial charge on any atom is -0.394 e. The predicted octanol–water partition coefficient (Wildman–Crippen LogP) is 17.7. The molecule has 1 amide bonds. The highest BCUT2D eigenvalue weighted by Crippen LogP contribution is 2.17. The maximum Gasteiger partial charge on any atom is 0.220 e. The van der Waals surface area contributed by atoms with Gasteiger partial charge in [-0.3, -0.25) is 4.79 Å². The Labute approximate surface area is 376 Å². The lowest BCUT2D eigenvalue weighted by Gasteiger charge is -2.20. The molecule has 0 aliphatic rings. The van der Waals surface area contributed by atoms with E-state index < -0.39 is 12.1 Å². The zero-order valence-electron chi connectivity index (χ0n) is 40.7. The second-order valence-corrected chi connectivity index (χ2v) is 18.7. The van der Waals surface area contributed by atoms with E-state index in [-0.39, 0.29) is 12.5 Å². The fraction of sp³-hybridized carbons (Fsp3) is 0.875. The van der Waals surface area contributed by atoms with Gasteiger partial charge >= 0.3 is 0 Å². The Balaban J connectivity index is 3.30. The molecule has 60 heavy (non-hydrogen) atoms. The average Bonchev–Trinajstić information content (AvgIpc) is 3.25. The van der Waals surface area contributed by atoms with E-state index in [1.807, 2.05) is 6.08 Å². The van der Waals surface area contributed by atoms with Gasteiger partial charge in [-0.15, -0.1) is 0 Å². The van der Waals surface area contributed by atoms with Crippen LogP contribution in [-0.4, -0.2) is 34.9 Å². The SMILES string of the molecule is CCCCCCC/C=C\C/C=C\CCCCCCCCCCCCCCCCCCCCCCCCCCCCCCCC(=O)NC(CO)C(O)/C=C/CCCCCCC. The van der Waals surface area contributed by atoms with Crippen LogP contribution in [0.4, 0.5) is 0 Å². The van der Waals surface area contributed by atoms with Crippen LogP contribution >= 0.6 is 0 Å². The van der Waals surface area contributed by atoms with Crippen molar-refractivity contribution in [2.24, 2.45) is 0 Å². The highest BCUT2D eigenvalue weighted by Gasteiger charge is 2.18. The van der Waals surface area contributed by atoms with Gasteiger partial charge in [-0.2, -0.15) is 0 Å². The van der Waals surface area contributed by atoms with Gasteiger partial charge in [0, 0.05) is 6.42 Å². The van der Waals surface area contributed by atoms with Crippen LogP contribution in [0.15, 0.2) is 36.5 Å². The first-order valence-electron chi connectivity index (χ1n) is 27.2. The van der Waals surface area contributed by atoms with Crippen molar-refractivity contribution < 1.29 is 15.0 Å². The molecule has 2 atom stereocenters. The maximum absolute atomic E-state index is 12.3. The van der Waals surface area contributed by atoms with Gasteiger partial charge in [0.15, 0.2) is 0 Å². The molecular formula is C56H107NO3. The first-order valence-corrected chi connectivity index (χ1v) is 27.2. The molecule has 0 radical (unpaired) electrons. The number of allylic oxidation sites excluding steroid dienone is 5. The van der Waals surface area contributed by atoms with Crippen molar-refractivity contribution in [1.82, 2.24) is 5.32 Å². The minimum atomic E-state index is -0.833. The Kier molecular flexibility index (Phi) is 50.8. The van der Waals surface area contributed by atoms with E-state index in [2.05, 4.69) is 43.5 Å². The van der Waals surface area contributed by atoms with Gasteiger partial charge in [-0.1, -0.05) is 275 Å². The summed E-state index contributed by atoms with van der Waals surface area (Å²) in [7, 11) is 0. The van der Waals surface area contributed by atoms with Crippen molar-refractivity contribution in [2.75, 3.05) is 6.61 Å². The molecule has 0 aliphatic heterocycles. The summed E-state index contributed by atoms with van der Waals surface area (Å²) >= 11 is 0. The topological polar surface area (TPSA) is 69.6 Å². The third-order valence-electron chi connectivity index (χ3n) is 12.6. The molecular weight excluding hydrogens is 735 g/mol. The normalized spacial score (nSPS) is 13.1. The van der Waals surface area contributed by atoms with Crippen LogP contribution in [0.5, 0.6) is 0 Å². The fourth-order valence-electron chi connectivity index (χ4n) is 8.45. The predicted molar refractivity (Wildman–Crippen MR) is 267 cm³/mol. The Morgan fingerprint density at radius 3 is 1.00 bits per heavy atom. The summed E-state index contributed by atoms with van der Waals surface area (Å²) < 4.78 is 0. The van der Waals surface area contributed by atoms with Crippen molar-refractivity contribution in [2.45, 2.75) is 309 Å². The molecule has 4 heteroatoms. The van der Waals surface area contributed by atoms with E-state index in [0.29, 0.717) is 6.42 Å². The molecule has 0 heterocycles. The van der Waals surface area contributed by atoms with Crippen molar-refractivity contribution in [3.63, 3.8) is 0 Å². The number of nitrogens with one attached hydrogen (secondary N) is 1. The summed E-state index contributed by atoms with van der Waals surface area (Å²) in [6.07, 6.45) is 70.6. The molecule has 4 nitrogen and oxygen atoms in total. The number of aliphatic hydroxyl groups is 2. The summed E-state index contributed by atoms with van der Waals surface area (Å²) in [4.78, 5) is 12.3. The van der Waals surface area contributed by atoms with Gasteiger partial charge in [0.2, 0.25) is 5.91 Å². The smallest absolute Gasteiger partial charge is 0.220 e. The van der Waals surface area contributed by atoms with Gasteiger partial charge in [0.25, 0.3) is 0 Å². The average molecular weight is 842 g/mol. The van der Waals surface area contributed by atoms with Crippen LogP contribution in [0, 0.1) is 0 Å². The first kappa shape index (κ1) is 58.6. The molecule has 0 aromatic rings. The van der Waals surface area contributed by atoms with Crippen LogP contribution in [0.25, 0.3) is 0 Å². The third-order valence-corrected chi connectivity index (χ3v) is 12.6. The van der Waals surface area contributed by atoms with E-state index in [0.717, 1.165) is 32.1 Å². The number of amides is 1. The third kappa shape index (κ3) is 47.7. The monoisotopic (exact) mass is 842 g/mol. The van der Waals surface area contributed by atoms with Crippen molar-refractivity contribution >= 4 is 5.91 Å². The quantitative estimate of drug-likeness (QED) is 0.0422. The Morgan fingerprint density at radius 2 is 0.683 bits per heavy atom.